The van der Waals surface area contributed by atoms with Crippen molar-refractivity contribution >= 4 is 5.91 Å². The molecule has 1 saturated carbocycles. The lowest BCUT2D eigenvalue weighted by Gasteiger charge is -2.19. The van der Waals surface area contributed by atoms with Gasteiger partial charge in [0.15, 0.2) is 11.5 Å². The number of hydrogen-bond acceptors (Lipinski definition) is 5. The van der Waals surface area contributed by atoms with Crippen LogP contribution in [0.4, 0.5) is 8.78 Å². The summed E-state index contributed by atoms with van der Waals surface area (Å²) < 4.78 is 35.3. The summed E-state index contributed by atoms with van der Waals surface area (Å²) in [6.07, 6.45) is -1.89. The van der Waals surface area contributed by atoms with E-state index >= 15 is 0 Å². The van der Waals surface area contributed by atoms with Crippen LogP contribution in [0.15, 0.2) is 29.1 Å². The predicted octanol–water partition coefficient (Wildman–Crippen LogP) is 2.28. The molecule has 26 heavy (non-hydrogen) atoms. The van der Waals surface area contributed by atoms with Crippen molar-refractivity contribution in [2.45, 2.75) is 32.1 Å². The molecule has 0 unspecified atom stereocenters. The number of amides is 1. The highest BCUT2D eigenvalue weighted by Crippen LogP contribution is 2.46. The number of carbonyl (C=O) groups excluding carboxylic acids is 1. The maximum atomic E-state index is 13.2. The number of rotatable bonds is 4. The van der Waals surface area contributed by atoms with Gasteiger partial charge in [-0.2, -0.15) is 0 Å². The Morgan fingerprint density at radius 1 is 1.31 bits per heavy atom. The third-order valence-electron chi connectivity index (χ3n) is 4.26. The molecule has 1 aliphatic heterocycles. The molecule has 2 N–H and O–H groups in total. The van der Waals surface area contributed by atoms with E-state index in [2.05, 4.69) is 24.8 Å². The first-order valence-corrected chi connectivity index (χ1v) is 8.09. The summed E-state index contributed by atoms with van der Waals surface area (Å²) in [6.45, 7) is 1.58. The van der Waals surface area contributed by atoms with Crippen LogP contribution in [0.5, 0.6) is 11.5 Å². The summed E-state index contributed by atoms with van der Waals surface area (Å²) in [5.74, 6) is -0.109. The van der Waals surface area contributed by atoms with Crippen LogP contribution in [0.2, 0.25) is 0 Å². The fourth-order valence-corrected chi connectivity index (χ4v) is 2.97. The standard InChI is InChI=1S/C17H15F2N3O4/c1-8-20-11(7-14(23)21-8)16(24)22-15(9-2-3-9)10-4-5-12-13(6-10)26-17(18,19)25-12/h4-7,9,15H,2-3H2,1H3,(H,22,24)(H,20,21,23)/t15-/m1/s1. The number of benzene rings is 1. The number of aryl methyl sites for hydroxylation is 1. The fraction of sp³-hybridized carbons (Fsp3) is 0.353. The van der Waals surface area contributed by atoms with E-state index in [1.165, 1.54) is 12.1 Å². The molecule has 0 bridgehead atoms. The summed E-state index contributed by atoms with van der Waals surface area (Å²) in [4.78, 5) is 30.5. The highest BCUT2D eigenvalue weighted by atomic mass is 19.3. The monoisotopic (exact) mass is 363 g/mol. The van der Waals surface area contributed by atoms with Gasteiger partial charge in [0.05, 0.1) is 6.04 Å². The van der Waals surface area contributed by atoms with Crippen LogP contribution in [-0.4, -0.2) is 22.2 Å². The number of aromatic amines is 1. The normalized spacial score (nSPS) is 18.4. The van der Waals surface area contributed by atoms with Crippen LogP contribution >= 0.6 is 0 Å². The van der Waals surface area contributed by atoms with E-state index in [1.54, 1.807) is 13.0 Å². The second-order valence-corrected chi connectivity index (χ2v) is 6.38. The Hall–Kier alpha value is -2.97. The van der Waals surface area contributed by atoms with Crippen LogP contribution < -0.4 is 20.3 Å². The molecule has 1 aliphatic carbocycles. The maximum Gasteiger partial charge on any atom is 0.586 e. The van der Waals surface area contributed by atoms with Crippen molar-refractivity contribution in [3.63, 3.8) is 0 Å². The van der Waals surface area contributed by atoms with Gasteiger partial charge in [-0.05, 0) is 43.4 Å². The molecule has 1 fully saturated rings. The molecule has 136 valence electrons. The number of fused-ring (bicyclic) bond motifs is 1. The number of nitrogens with one attached hydrogen (secondary N) is 2. The second-order valence-electron chi connectivity index (χ2n) is 6.38. The topological polar surface area (TPSA) is 93.3 Å². The number of nitrogens with zero attached hydrogens (tertiary/aromatic N) is 1. The second kappa shape index (κ2) is 5.79. The largest absolute Gasteiger partial charge is 0.586 e. The molecular weight excluding hydrogens is 348 g/mol. The minimum Gasteiger partial charge on any atom is -0.395 e. The van der Waals surface area contributed by atoms with E-state index in [4.69, 9.17) is 0 Å². The Labute approximate surface area is 146 Å². The quantitative estimate of drug-likeness (QED) is 0.869. The molecule has 1 aromatic carbocycles. The maximum absolute atomic E-state index is 13.2. The number of aromatic nitrogens is 2. The Morgan fingerprint density at radius 2 is 2.04 bits per heavy atom. The van der Waals surface area contributed by atoms with Crippen molar-refractivity contribution in [1.29, 1.82) is 0 Å². The lowest BCUT2D eigenvalue weighted by molar-refractivity contribution is -0.286. The number of hydrogen-bond donors (Lipinski definition) is 2. The zero-order valence-electron chi connectivity index (χ0n) is 13.7. The average molecular weight is 363 g/mol. The molecule has 7 nitrogen and oxygen atoms in total. The molecule has 9 heteroatoms. The van der Waals surface area contributed by atoms with Crippen LogP contribution in [0.25, 0.3) is 0 Å². The van der Waals surface area contributed by atoms with E-state index in [9.17, 15) is 18.4 Å². The molecule has 0 radical (unpaired) electrons. The summed E-state index contributed by atoms with van der Waals surface area (Å²) in [5.41, 5.74) is 0.211. The Kier molecular flexibility index (Phi) is 3.67. The molecule has 1 amide bonds. The molecule has 1 atom stereocenters. The molecule has 0 saturated heterocycles. The number of halogens is 2. The van der Waals surface area contributed by atoms with Crippen LogP contribution in [0.3, 0.4) is 0 Å². The number of carbonyl (C=O) groups is 1. The van der Waals surface area contributed by atoms with Gasteiger partial charge in [0.2, 0.25) is 0 Å². The third kappa shape index (κ3) is 3.24. The lowest BCUT2D eigenvalue weighted by atomic mass is 10.0. The summed E-state index contributed by atoms with van der Waals surface area (Å²) in [7, 11) is 0. The molecule has 4 rings (SSSR count). The minimum absolute atomic E-state index is 0.00387. The van der Waals surface area contributed by atoms with E-state index in [-0.39, 0.29) is 23.1 Å². The highest BCUT2D eigenvalue weighted by Gasteiger charge is 2.44. The van der Waals surface area contributed by atoms with E-state index < -0.39 is 23.8 Å². The minimum atomic E-state index is -3.69. The number of ether oxygens (including phenoxy) is 2. The summed E-state index contributed by atoms with van der Waals surface area (Å²) in [6, 6.07) is 5.17. The fourth-order valence-electron chi connectivity index (χ4n) is 2.97. The van der Waals surface area contributed by atoms with Gasteiger partial charge in [-0.15, -0.1) is 8.78 Å². The van der Waals surface area contributed by atoms with Gasteiger partial charge >= 0.3 is 6.29 Å². The highest BCUT2D eigenvalue weighted by molar-refractivity contribution is 5.92. The SMILES string of the molecule is Cc1nc(C(=O)N[C@@H](c2ccc3c(c2)OC(F)(F)O3)C2CC2)cc(=O)[nH]1. The van der Waals surface area contributed by atoms with Gasteiger partial charge < -0.3 is 19.8 Å². The number of H-pyrrole nitrogens is 1. The number of alkyl halides is 2. The Bertz CT molecular complexity index is 940. The average Bonchev–Trinajstić information content (AvgIpc) is 3.32. The van der Waals surface area contributed by atoms with Crippen molar-refractivity contribution in [3.8, 4) is 11.5 Å². The Balaban J connectivity index is 1.59. The van der Waals surface area contributed by atoms with Gasteiger partial charge in [-0.1, -0.05) is 6.07 Å². The summed E-state index contributed by atoms with van der Waals surface area (Å²) in [5, 5.41) is 2.84. The van der Waals surface area contributed by atoms with Crippen LogP contribution in [0, 0.1) is 12.8 Å². The van der Waals surface area contributed by atoms with E-state index in [0.717, 1.165) is 18.9 Å². The first kappa shape index (κ1) is 16.5. The van der Waals surface area contributed by atoms with Crippen molar-refractivity contribution in [2.24, 2.45) is 5.92 Å². The van der Waals surface area contributed by atoms with E-state index in [1.807, 2.05) is 0 Å². The zero-order chi connectivity index (χ0) is 18.5. The van der Waals surface area contributed by atoms with Gasteiger partial charge in [0.25, 0.3) is 11.5 Å². The molecular formula is C17H15F2N3O4. The van der Waals surface area contributed by atoms with Crippen molar-refractivity contribution in [1.82, 2.24) is 15.3 Å². The van der Waals surface area contributed by atoms with Crippen molar-refractivity contribution in [3.05, 3.63) is 51.7 Å². The molecule has 2 heterocycles. The van der Waals surface area contributed by atoms with Gasteiger partial charge in [0, 0.05) is 6.07 Å². The van der Waals surface area contributed by atoms with E-state index in [0.29, 0.717) is 11.4 Å². The van der Waals surface area contributed by atoms with Gasteiger partial charge in [-0.25, -0.2) is 4.98 Å². The van der Waals surface area contributed by atoms with Gasteiger partial charge in [-0.3, -0.25) is 9.59 Å². The van der Waals surface area contributed by atoms with Crippen LogP contribution in [-0.2, 0) is 0 Å². The van der Waals surface area contributed by atoms with Crippen LogP contribution in [0.1, 0.15) is 40.8 Å². The summed E-state index contributed by atoms with van der Waals surface area (Å²) >= 11 is 0. The third-order valence-corrected chi connectivity index (χ3v) is 4.26. The molecule has 2 aliphatic rings. The first-order valence-electron chi connectivity index (χ1n) is 8.09. The van der Waals surface area contributed by atoms with Crippen molar-refractivity contribution < 1.29 is 23.0 Å². The van der Waals surface area contributed by atoms with Gasteiger partial charge in [0.1, 0.15) is 11.5 Å². The molecule has 0 spiro atoms. The zero-order valence-corrected chi connectivity index (χ0v) is 13.7. The Morgan fingerprint density at radius 3 is 2.73 bits per heavy atom. The lowest BCUT2D eigenvalue weighted by Crippen LogP contribution is -2.31. The first-order chi connectivity index (χ1) is 12.3. The molecule has 1 aromatic heterocycles. The smallest absolute Gasteiger partial charge is 0.395 e. The van der Waals surface area contributed by atoms with Crippen molar-refractivity contribution in [2.75, 3.05) is 0 Å². The predicted molar refractivity (Wildman–Crippen MR) is 85.2 cm³/mol. The molecule has 2 aromatic rings.